The molecule has 2 fully saturated rings. The average molecular weight is 229 g/mol. The van der Waals surface area contributed by atoms with Crippen molar-refractivity contribution in [2.45, 2.75) is 57.0 Å². The van der Waals surface area contributed by atoms with Crippen LogP contribution in [0.1, 0.15) is 32.6 Å². The number of nitrogens with one attached hydrogen (secondary N) is 1. The molecule has 0 unspecified atom stereocenters. The Bertz CT molecular complexity index is 212. The van der Waals surface area contributed by atoms with E-state index in [0.29, 0.717) is 13.2 Å². The number of rotatable bonds is 6. The van der Waals surface area contributed by atoms with Gasteiger partial charge in [0.2, 0.25) is 0 Å². The van der Waals surface area contributed by atoms with E-state index in [9.17, 15) is 5.11 Å². The zero-order chi connectivity index (χ0) is 11.4. The van der Waals surface area contributed by atoms with Crippen LogP contribution in [0, 0.1) is 0 Å². The molecular formula is C12H23NO3. The second-order valence-corrected chi connectivity index (χ2v) is 4.78. The van der Waals surface area contributed by atoms with E-state index in [1.165, 1.54) is 25.7 Å². The van der Waals surface area contributed by atoms with Crippen molar-refractivity contribution in [1.82, 2.24) is 5.32 Å². The topological polar surface area (TPSA) is 50.7 Å². The van der Waals surface area contributed by atoms with Crippen molar-refractivity contribution in [2.75, 3.05) is 19.8 Å². The van der Waals surface area contributed by atoms with E-state index in [0.717, 1.165) is 6.54 Å². The molecule has 94 valence electrons. The second kappa shape index (κ2) is 5.96. The van der Waals surface area contributed by atoms with Gasteiger partial charge in [-0.1, -0.05) is 26.2 Å². The van der Waals surface area contributed by atoms with E-state index in [-0.39, 0.29) is 18.2 Å². The van der Waals surface area contributed by atoms with Crippen molar-refractivity contribution in [3.8, 4) is 0 Å². The van der Waals surface area contributed by atoms with Gasteiger partial charge < -0.3 is 19.9 Å². The molecule has 0 amide bonds. The van der Waals surface area contributed by atoms with Crippen LogP contribution in [0.4, 0.5) is 0 Å². The van der Waals surface area contributed by atoms with E-state index in [1.807, 2.05) is 0 Å². The Labute approximate surface area is 97.3 Å². The van der Waals surface area contributed by atoms with Crippen molar-refractivity contribution >= 4 is 0 Å². The molecule has 2 rings (SSSR count). The Hall–Kier alpha value is -0.160. The molecular weight excluding hydrogens is 206 g/mol. The highest BCUT2D eigenvalue weighted by Gasteiger charge is 2.46. The van der Waals surface area contributed by atoms with Gasteiger partial charge in [0.05, 0.1) is 19.3 Å². The lowest BCUT2D eigenvalue weighted by Gasteiger charge is -2.17. The largest absolute Gasteiger partial charge is 0.388 e. The summed E-state index contributed by atoms with van der Waals surface area (Å²) in [7, 11) is 0. The highest BCUT2D eigenvalue weighted by molar-refractivity contribution is 4.97. The van der Waals surface area contributed by atoms with Gasteiger partial charge in [-0.05, 0) is 13.0 Å². The highest BCUT2D eigenvalue weighted by Crippen LogP contribution is 2.26. The monoisotopic (exact) mass is 229 g/mol. The van der Waals surface area contributed by atoms with Crippen molar-refractivity contribution in [3.05, 3.63) is 0 Å². The molecule has 2 aliphatic rings. The zero-order valence-electron chi connectivity index (χ0n) is 10.0. The van der Waals surface area contributed by atoms with Gasteiger partial charge >= 0.3 is 0 Å². The minimum absolute atomic E-state index is 0.0566. The van der Waals surface area contributed by atoms with E-state index in [1.54, 1.807) is 0 Å². The predicted octanol–water partition coefficient (Wildman–Crippen LogP) is 0.683. The number of hydrogen-bond donors (Lipinski definition) is 2. The minimum atomic E-state index is -0.433. The summed E-state index contributed by atoms with van der Waals surface area (Å²) in [6, 6.07) is 0.267. The lowest BCUT2D eigenvalue weighted by atomic mass is 10.1. The predicted molar refractivity (Wildman–Crippen MR) is 61.4 cm³/mol. The fourth-order valence-electron chi connectivity index (χ4n) is 2.49. The number of aliphatic hydroxyl groups excluding tert-OH is 1. The SMILES string of the molecule is CCCCCCN[C@@H]1CO[C@H]2[C@@H]1OC[C@@H]2O. The number of aliphatic hydroxyl groups is 1. The fraction of sp³-hybridized carbons (Fsp3) is 1.00. The Kier molecular flexibility index (Phi) is 4.58. The van der Waals surface area contributed by atoms with E-state index >= 15 is 0 Å². The van der Waals surface area contributed by atoms with Crippen LogP contribution in [0.5, 0.6) is 0 Å². The molecule has 2 saturated heterocycles. The van der Waals surface area contributed by atoms with Crippen molar-refractivity contribution < 1.29 is 14.6 Å². The molecule has 0 aromatic carbocycles. The third kappa shape index (κ3) is 2.74. The Morgan fingerprint density at radius 2 is 1.94 bits per heavy atom. The molecule has 0 aliphatic carbocycles. The van der Waals surface area contributed by atoms with Gasteiger partial charge in [-0.2, -0.15) is 0 Å². The van der Waals surface area contributed by atoms with Gasteiger partial charge in [0, 0.05) is 0 Å². The van der Waals surface area contributed by atoms with Crippen LogP contribution < -0.4 is 5.32 Å². The molecule has 4 atom stereocenters. The maximum Gasteiger partial charge on any atom is 0.113 e. The van der Waals surface area contributed by atoms with E-state index in [2.05, 4.69) is 12.2 Å². The van der Waals surface area contributed by atoms with Gasteiger partial charge in [-0.15, -0.1) is 0 Å². The molecule has 2 aliphatic heterocycles. The van der Waals surface area contributed by atoms with Crippen LogP contribution in [0.25, 0.3) is 0 Å². The van der Waals surface area contributed by atoms with E-state index in [4.69, 9.17) is 9.47 Å². The zero-order valence-corrected chi connectivity index (χ0v) is 10.0. The number of hydrogen-bond acceptors (Lipinski definition) is 4. The molecule has 2 N–H and O–H groups in total. The molecule has 0 saturated carbocycles. The number of ether oxygens (including phenoxy) is 2. The van der Waals surface area contributed by atoms with Gasteiger partial charge in [0.25, 0.3) is 0 Å². The first kappa shape index (κ1) is 12.3. The van der Waals surface area contributed by atoms with Crippen LogP contribution in [0.3, 0.4) is 0 Å². The molecule has 16 heavy (non-hydrogen) atoms. The van der Waals surface area contributed by atoms with Crippen molar-refractivity contribution in [2.24, 2.45) is 0 Å². The summed E-state index contributed by atoms with van der Waals surface area (Å²) < 4.78 is 11.1. The molecule has 0 radical (unpaired) electrons. The number of fused-ring (bicyclic) bond motifs is 1. The molecule has 0 spiro atoms. The third-order valence-corrected chi connectivity index (χ3v) is 3.46. The van der Waals surface area contributed by atoms with Gasteiger partial charge in [0.1, 0.15) is 18.3 Å². The molecule has 0 aromatic heterocycles. The van der Waals surface area contributed by atoms with Crippen LogP contribution in [0.15, 0.2) is 0 Å². The molecule has 4 nitrogen and oxygen atoms in total. The summed E-state index contributed by atoms with van der Waals surface area (Å²) in [6.07, 6.45) is 4.60. The Morgan fingerprint density at radius 3 is 2.75 bits per heavy atom. The summed E-state index contributed by atoms with van der Waals surface area (Å²) in [5.41, 5.74) is 0. The molecule has 4 heteroatoms. The van der Waals surface area contributed by atoms with Crippen molar-refractivity contribution in [1.29, 1.82) is 0 Å². The van der Waals surface area contributed by atoms with Crippen molar-refractivity contribution in [3.63, 3.8) is 0 Å². The van der Waals surface area contributed by atoms with Gasteiger partial charge in [0.15, 0.2) is 0 Å². The first-order valence-corrected chi connectivity index (χ1v) is 6.47. The summed E-state index contributed by atoms with van der Waals surface area (Å²) in [5, 5.41) is 13.1. The lowest BCUT2D eigenvalue weighted by Crippen LogP contribution is -2.41. The lowest BCUT2D eigenvalue weighted by molar-refractivity contribution is 0.0178. The first-order valence-electron chi connectivity index (χ1n) is 6.47. The van der Waals surface area contributed by atoms with Crippen LogP contribution in [0.2, 0.25) is 0 Å². The smallest absolute Gasteiger partial charge is 0.113 e. The summed E-state index contributed by atoms with van der Waals surface area (Å²) in [6.45, 7) is 4.33. The molecule has 2 heterocycles. The minimum Gasteiger partial charge on any atom is -0.388 e. The Morgan fingerprint density at radius 1 is 1.12 bits per heavy atom. The maximum absolute atomic E-state index is 9.58. The second-order valence-electron chi connectivity index (χ2n) is 4.78. The summed E-state index contributed by atoms with van der Waals surface area (Å²) in [4.78, 5) is 0. The van der Waals surface area contributed by atoms with Crippen LogP contribution in [-0.4, -0.2) is 49.2 Å². The standard InChI is InChI=1S/C12H23NO3/c1-2-3-4-5-6-13-9-7-15-12-10(14)8-16-11(9)12/h9-14H,2-8H2,1H3/t9-,10+,11-,12-/m1/s1. The normalized spacial score (nSPS) is 37.9. The molecule has 0 bridgehead atoms. The van der Waals surface area contributed by atoms with Gasteiger partial charge in [-0.25, -0.2) is 0 Å². The number of unbranched alkanes of at least 4 members (excludes halogenated alkanes) is 3. The summed E-state index contributed by atoms with van der Waals surface area (Å²) >= 11 is 0. The third-order valence-electron chi connectivity index (χ3n) is 3.46. The van der Waals surface area contributed by atoms with Crippen LogP contribution in [-0.2, 0) is 9.47 Å². The summed E-state index contributed by atoms with van der Waals surface area (Å²) in [5.74, 6) is 0. The van der Waals surface area contributed by atoms with Gasteiger partial charge in [-0.3, -0.25) is 0 Å². The van der Waals surface area contributed by atoms with E-state index < -0.39 is 6.10 Å². The van der Waals surface area contributed by atoms with Crippen LogP contribution >= 0.6 is 0 Å². The average Bonchev–Trinajstić information content (AvgIpc) is 2.83. The quantitative estimate of drug-likeness (QED) is 0.658. The fourth-order valence-corrected chi connectivity index (χ4v) is 2.49. The maximum atomic E-state index is 9.58. The Balaban J connectivity index is 1.64. The molecule has 0 aromatic rings. The first-order chi connectivity index (χ1) is 7.83. The highest BCUT2D eigenvalue weighted by atomic mass is 16.6.